The molecule has 2 aromatic carbocycles. The number of nitrogens with zero attached hydrogens (tertiary/aromatic N) is 2. The number of ether oxygens (including phenoxy) is 2. The molecule has 1 fully saturated rings. The molecule has 29 heavy (non-hydrogen) atoms. The van der Waals surface area contributed by atoms with Gasteiger partial charge < -0.3 is 9.47 Å². The van der Waals surface area contributed by atoms with Gasteiger partial charge in [-0.05, 0) is 56.0 Å². The lowest BCUT2D eigenvalue weighted by Gasteiger charge is -2.23. The van der Waals surface area contributed by atoms with Crippen LogP contribution in [0.2, 0.25) is 0 Å². The first kappa shape index (κ1) is 19.9. The van der Waals surface area contributed by atoms with E-state index in [1.807, 2.05) is 42.2 Å². The van der Waals surface area contributed by atoms with Gasteiger partial charge in [0.15, 0.2) is 5.13 Å². The number of benzene rings is 2. The van der Waals surface area contributed by atoms with Crippen LogP contribution in [0.5, 0.6) is 5.75 Å². The first-order chi connectivity index (χ1) is 14.1. The molecule has 1 amide bonds. The highest BCUT2D eigenvalue weighted by Gasteiger charge is 2.26. The Morgan fingerprint density at radius 3 is 2.79 bits per heavy atom. The van der Waals surface area contributed by atoms with Gasteiger partial charge in [0, 0.05) is 6.61 Å². The molecule has 0 bridgehead atoms. The molecule has 6 heteroatoms. The number of aromatic nitrogens is 1. The van der Waals surface area contributed by atoms with Crippen LogP contribution in [0, 0.1) is 6.92 Å². The van der Waals surface area contributed by atoms with Gasteiger partial charge in [-0.2, -0.15) is 0 Å². The van der Waals surface area contributed by atoms with Crippen LogP contribution in [0.4, 0.5) is 5.13 Å². The van der Waals surface area contributed by atoms with Gasteiger partial charge in [0.1, 0.15) is 5.75 Å². The molecule has 1 atom stereocenters. The summed E-state index contributed by atoms with van der Waals surface area (Å²) in [6.45, 7) is 5.96. The van der Waals surface area contributed by atoms with E-state index < -0.39 is 0 Å². The second-order valence-corrected chi connectivity index (χ2v) is 8.32. The average molecular weight is 411 g/mol. The second kappa shape index (κ2) is 8.93. The molecule has 1 aliphatic heterocycles. The first-order valence-corrected chi connectivity index (χ1v) is 11.0. The summed E-state index contributed by atoms with van der Waals surface area (Å²) in [7, 11) is 0. The summed E-state index contributed by atoms with van der Waals surface area (Å²) in [5, 5.41) is 0.751. The maximum Gasteiger partial charge on any atom is 0.233 e. The zero-order valence-corrected chi connectivity index (χ0v) is 17.7. The molecule has 3 aromatic rings. The minimum Gasteiger partial charge on any atom is -0.494 e. The SMILES string of the molecule is CCOc1ccc(CC(=O)N(C[C@@H]2CCCO2)c2nc3c(C)cccc3s2)cc1. The van der Waals surface area contributed by atoms with E-state index in [-0.39, 0.29) is 12.0 Å². The van der Waals surface area contributed by atoms with Crippen LogP contribution in [0.15, 0.2) is 42.5 Å². The van der Waals surface area contributed by atoms with Gasteiger partial charge >= 0.3 is 0 Å². The Morgan fingerprint density at radius 1 is 1.28 bits per heavy atom. The van der Waals surface area contributed by atoms with Gasteiger partial charge in [0.2, 0.25) is 5.91 Å². The molecule has 0 unspecified atom stereocenters. The standard InChI is InChI=1S/C23H26N2O3S/c1-3-27-18-11-9-17(10-12-18)14-21(26)25(15-19-7-5-13-28-19)23-24-22-16(2)6-4-8-20(22)29-23/h4,6,8-12,19H,3,5,7,13-15H2,1-2H3/t19-/m0/s1. The molecule has 1 saturated heterocycles. The Morgan fingerprint density at radius 2 is 2.10 bits per heavy atom. The van der Waals surface area contributed by atoms with Gasteiger partial charge in [-0.25, -0.2) is 4.98 Å². The van der Waals surface area contributed by atoms with Crippen molar-refractivity contribution in [1.82, 2.24) is 4.98 Å². The van der Waals surface area contributed by atoms with E-state index in [9.17, 15) is 4.79 Å². The van der Waals surface area contributed by atoms with Gasteiger partial charge in [0.25, 0.3) is 0 Å². The number of anilines is 1. The lowest BCUT2D eigenvalue weighted by molar-refractivity contribution is -0.118. The van der Waals surface area contributed by atoms with E-state index in [1.165, 1.54) is 0 Å². The molecule has 0 radical (unpaired) electrons. The summed E-state index contributed by atoms with van der Waals surface area (Å²) in [5.74, 6) is 0.864. The Hall–Kier alpha value is -2.44. The number of thiazole rings is 1. The predicted molar refractivity (Wildman–Crippen MR) is 117 cm³/mol. The van der Waals surface area contributed by atoms with E-state index in [4.69, 9.17) is 14.5 Å². The van der Waals surface area contributed by atoms with Crippen molar-refractivity contribution >= 4 is 32.6 Å². The largest absolute Gasteiger partial charge is 0.494 e. The normalized spacial score (nSPS) is 16.3. The lowest BCUT2D eigenvalue weighted by atomic mass is 10.1. The molecule has 0 N–H and O–H groups in total. The van der Waals surface area contributed by atoms with E-state index >= 15 is 0 Å². The minimum absolute atomic E-state index is 0.0429. The summed E-state index contributed by atoms with van der Waals surface area (Å²) >= 11 is 1.57. The van der Waals surface area contributed by atoms with Gasteiger partial charge in [0.05, 0.1) is 35.9 Å². The van der Waals surface area contributed by atoms with Crippen LogP contribution in [-0.4, -0.2) is 36.8 Å². The number of aryl methyl sites for hydroxylation is 1. The first-order valence-electron chi connectivity index (χ1n) is 10.1. The maximum absolute atomic E-state index is 13.3. The second-order valence-electron chi connectivity index (χ2n) is 7.31. The molecule has 152 valence electrons. The number of para-hydroxylation sites is 1. The minimum atomic E-state index is 0.0429. The number of rotatable bonds is 7. The van der Waals surface area contributed by atoms with Crippen LogP contribution in [0.25, 0.3) is 10.2 Å². The number of hydrogen-bond acceptors (Lipinski definition) is 5. The van der Waals surface area contributed by atoms with Crippen molar-refractivity contribution in [1.29, 1.82) is 0 Å². The van der Waals surface area contributed by atoms with Gasteiger partial charge in [-0.1, -0.05) is 35.6 Å². The molecule has 0 spiro atoms. The van der Waals surface area contributed by atoms with E-state index in [2.05, 4.69) is 19.1 Å². The molecular weight excluding hydrogens is 384 g/mol. The van der Waals surface area contributed by atoms with Crippen molar-refractivity contribution in [2.45, 2.75) is 39.2 Å². The van der Waals surface area contributed by atoms with Gasteiger partial charge in [-0.3, -0.25) is 9.69 Å². The average Bonchev–Trinajstić information content (AvgIpc) is 3.38. The fourth-order valence-electron chi connectivity index (χ4n) is 3.61. The smallest absolute Gasteiger partial charge is 0.233 e. The molecular formula is C23H26N2O3S. The zero-order chi connectivity index (χ0) is 20.2. The molecule has 4 rings (SSSR count). The molecule has 1 aromatic heterocycles. The fourth-order valence-corrected chi connectivity index (χ4v) is 4.68. The maximum atomic E-state index is 13.3. The highest BCUT2D eigenvalue weighted by Crippen LogP contribution is 2.32. The monoisotopic (exact) mass is 410 g/mol. The van der Waals surface area contributed by atoms with Crippen LogP contribution >= 0.6 is 11.3 Å². The third-order valence-corrected chi connectivity index (χ3v) is 6.18. The Labute approximate surface area is 175 Å². The van der Waals surface area contributed by atoms with E-state index in [0.29, 0.717) is 19.6 Å². The Balaban J connectivity index is 1.58. The number of carbonyl (C=O) groups is 1. The number of fused-ring (bicyclic) bond motifs is 1. The summed E-state index contributed by atoms with van der Waals surface area (Å²) in [6.07, 6.45) is 2.43. The summed E-state index contributed by atoms with van der Waals surface area (Å²) < 4.78 is 12.4. The molecule has 2 heterocycles. The quantitative estimate of drug-likeness (QED) is 0.564. The van der Waals surface area contributed by atoms with Crippen LogP contribution in [-0.2, 0) is 16.0 Å². The van der Waals surface area contributed by atoms with Crippen LogP contribution < -0.4 is 9.64 Å². The Bertz CT molecular complexity index is 977. The summed E-state index contributed by atoms with van der Waals surface area (Å²) in [4.78, 5) is 19.9. The highest BCUT2D eigenvalue weighted by molar-refractivity contribution is 7.22. The molecule has 5 nitrogen and oxygen atoms in total. The Kier molecular flexibility index (Phi) is 6.11. The van der Waals surface area contributed by atoms with E-state index in [1.54, 1.807) is 11.3 Å². The third kappa shape index (κ3) is 4.60. The van der Waals surface area contributed by atoms with Crippen molar-refractivity contribution in [3.8, 4) is 5.75 Å². The molecule has 1 aliphatic rings. The fraction of sp³-hybridized carbons (Fsp3) is 0.391. The number of amides is 1. The number of hydrogen-bond donors (Lipinski definition) is 0. The van der Waals surface area contributed by atoms with Crippen molar-refractivity contribution in [3.63, 3.8) is 0 Å². The topological polar surface area (TPSA) is 51.7 Å². The third-order valence-electron chi connectivity index (χ3n) is 5.14. The lowest BCUT2D eigenvalue weighted by Crippen LogP contribution is -2.38. The van der Waals surface area contributed by atoms with E-state index in [0.717, 1.165) is 51.7 Å². The number of carbonyl (C=O) groups excluding carboxylic acids is 1. The predicted octanol–water partition coefficient (Wildman–Crippen LogP) is 4.76. The van der Waals surface area contributed by atoms with Crippen molar-refractivity contribution in [3.05, 3.63) is 53.6 Å². The molecule has 0 aliphatic carbocycles. The molecule has 0 saturated carbocycles. The van der Waals surface area contributed by atoms with Gasteiger partial charge in [-0.15, -0.1) is 0 Å². The van der Waals surface area contributed by atoms with Crippen LogP contribution in [0.1, 0.15) is 30.9 Å². The van der Waals surface area contributed by atoms with Crippen LogP contribution in [0.3, 0.4) is 0 Å². The highest BCUT2D eigenvalue weighted by atomic mass is 32.1. The van der Waals surface area contributed by atoms with Crippen molar-refractivity contribution in [2.75, 3.05) is 24.7 Å². The summed E-state index contributed by atoms with van der Waals surface area (Å²) in [5.41, 5.74) is 3.06. The zero-order valence-electron chi connectivity index (χ0n) is 16.9. The summed E-state index contributed by atoms with van der Waals surface area (Å²) in [6, 6.07) is 13.9. The van der Waals surface area contributed by atoms with Crippen molar-refractivity contribution < 1.29 is 14.3 Å². The van der Waals surface area contributed by atoms with Crippen molar-refractivity contribution in [2.24, 2.45) is 0 Å².